The van der Waals surface area contributed by atoms with Crippen molar-refractivity contribution in [3.8, 4) is 0 Å². The molecule has 1 rings (SSSR count). The minimum atomic E-state index is -1.06. The van der Waals surface area contributed by atoms with Crippen LogP contribution in [0.4, 0.5) is 0 Å². The first-order valence-corrected chi connectivity index (χ1v) is 6.34. The number of nitrogens with one attached hydrogen (secondary N) is 1. The summed E-state index contributed by atoms with van der Waals surface area (Å²) in [6.45, 7) is 3.78. The molecule has 0 saturated heterocycles. The summed E-state index contributed by atoms with van der Waals surface area (Å²) in [5.74, 6) is 0. The second-order valence-electron chi connectivity index (χ2n) is 4.31. The summed E-state index contributed by atoms with van der Waals surface area (Å²) < 4.78 is 1.20. The Kier molecular flexibility index (Phi) is 5.17. The largest absolute Gasteiger partial charge is 0.393 e. The van der Waals surface area contributed by atoms with Crippen LogP contribution in [0.3, 0.4) is 0 Å². The lowest BCUT2D eigenvalue weighted by atomic mass is 10.1. The molecule has 90 valence electrons. The van der Waals surface area contributed by atoms with Gasteiger partial charge in [0, 0.05) is 16.2 Å². The van der Waals surface area contributed by atoms with Gasteiger partial charge in [0.05, 0.1) is 12.2 Å². The summed E-state index contributed by atoms with van der Waals surface area (Å²) in [4.78, 5) is 0. The fraction of sp³-hybridized carbons (Fsp3) is 0.500. The Morgan fingerprint density at radius 3 is 2.44 bits per heavy atom. The van der Waals surface area contributed by atoms with Crippen LogP contribution in [0.5, 0.6) is 0 Å². The highest BCUT2D eigenvalue weighted by atomic mass is 127. The molecule has 0 amide bonds. The Morgan fingerprint density at radius 1 is 1.38 bits per heavy atom. The molecule has 2 unspecified atom stereocenters. The molecule has 0 bridgehead atoms. The lowest BCUT2D eigenvalue weighted by Gasteiger charge is -2.24. The van der Waals surface area contributed by atoms with Gasteiger partial charge in [-0.15, -0.1) is 0 Å². The van der Waals surface area contributed by atoms with Crippen molar-refractivity contribution in [1.82, 2.24) is 5.32 Å². The third-order valence-corrected chi connectivity index (χ3v) is 3.22. The summed E-state index contributed by atoms with van der Waals surface area (Å²) in [5, 5.41) is 21.8. The number of rotatable bonds is 5. The van der Waals surface area contributed by atoms with Crippen molar-refractivity contribution in [2.24, 2.45) is 0 Å². The van der Waals surface area contributed by atoms with Gasteiger partial charge >= 0.3 is 0 Å². The van der Waals surface area contributed by atoms with Gasteiger partial charge in [-0.25, -0.2) is 0 Å². The Morgan fingerprint density at radius 2 is 1.94 bits per heavy atom. The van der Waals surface area contributed by atoms with Crippen LogP contribution in [-0.4, -0.2) is 29.0 Å². The van der Waals surface area contributed by atoms with Gasteiger partial charge in [0.2, 0.25) is 0 Å². The number of aliphatic hydroxyl groups is 2. The SMILES string of the molecule is CC(NCC(C)(O)CO)c1ccc(I)cc1. The molecule has 3 nitrogen and oxygen atoms in total. The maximum Gasteiger partial charge on any atom is 0.0973 e. The van der Waals surface area contributed by atoms with Crippen molar-refractivity contribution in [2.45, 2.75) is 25.5 Å². The minimum absolute atomic E-state index is 0.162. The Balaban J connectivity index is 2.53. The quantitative estimate of drug-likeness (QED) is 0.718. The highest BCUT2D eigenvalue weighted by Gasteiger charge is 2.19. The van der Waals surface area contributed by atoms with Crippen molar-refractivity contribution in [2.75, 3.05) is 13.2 Å². The molecule has 0 radical (unpaired) electrons. The second kappa shape index (κ2) is 5.95. The molecule has 2 atom stereocenters. The van der Waals surface area contributed by atoms with Gasteiger partial charge in [-0.1, -0.05) is 12.1 Å². The molecular weight excluding hydrogens is 317 g/mol. The minimum Gasteiger partial charge on any atom is -0.393 e. The lowest BCUT2D eigenvalue weighted by molar-refractivity contribution is 0.00106. The average molecular weight is 335 g/mol. The highest BCUT2D eigenvalue weighted by Crippen LogP contribution is 2.15. The van der Waals surface area contributed by atoms with Gasteiger partial charge in [0.25, 0.3) is 0 Å². The molecule has 16 heavy (non-hydrogen) atoms. The van der Waals surface area contributed by atoms with E-state index >= 15 is 0 Å². The van der Waals surface area contributed by atoms with E-state index in [2.05, 4.69) is 52.2 Å². The first kappa shape index (κ1) is 13.9. The van der Waals surface area contributed by atoms with Crippen LogP contribution in [0.15, 0.2) is 24.3 Å². The van der Waals surface area contributed by atoms with Gasteiger partial charge in [-0.05, 0) is 54.1 Å². The van der Waals surface area contributed by atoms with Crippen LogP contribution in [0.25, 0.3) is 0 Å². The average Bonchev–Trinajstić information content (AvgIpc) is 2.27. The third-order valence-electron chi connectivity index (χ3n) is 2.50. The standard InChI is InChI=1S/C12H18INO2/c1-9(14-7-12(2,16)8-15)10-3-5-11(13)6-4-10/h3-6,9,14-16H,7-8H2,1-2H3. The molecule has 0 heterocycles. The van der Waals surface area contributed by atoms with Crippen molar-refractivity contribution >= 4 is 22.6 Å². The molecule has 0 aromatic heterocycles. The van der Waals surface area contributed by atoms with E-state index in [-0.39, 0.29) is 12.6 Å². The van der Waals surface area contributed by atoms with Gasteiger partial charge in [-0.3, -0.25) is 0 Å². The molecule has 4 heteroatoms. The number of hydrogen-bond donors (Lipinski definition) is 3. The number of hydrogen-bond acceptors (Lipinski definition) is 3. The molecule has 0 aliphatic carbocycles. The molecule has 0 fully saturated rings. The molecule has 1 aromatic rings. The van der Waals surface area contributed by atoms with Crippen LogP contribution in [0.1, 0.15) is 25.5 Å². The zero-order valence-electron chi connectivity index (χ0n) is 9.57. The van der Waals surface area contributed by atoms with Crippen LogP contribution >= 0.6 is 22.6 Å². The number of halogens is 1. The summed E-state index contributed by atoms with van der Waals surface area (Å²) >= 11 is 2.27. The van der Waals surface area contributed by atoms with Crippen molar-refractivity contribution in [1.29, 1.82) is 0 Å². The molecule has 0 spiro atoms. The van der Waals surface area contributed by atoms with E-state index in [0.717, 1.165) is 0 Å². The molecular formula is C12H18INO2. The number of benzene rings is 1. The van der Waals surface area contributed by atoms with Gasteiger partial charge in [0.1, 0.15) is 0 Å². The summed E-state index contributed by atoms with van der Waals surface area (Å²) in [7, 11) is 0. The Hall–Kier alpha value is -0.170. The fourth-order valence-electron chi connectivity index (χ4n) is 1.30. The summed E-state index contributed by atoms with van der Waals surface area (Å²) in [5.41, 5.74) is 0.117. The van der Waals surface area contributed by atoms with E-state index in [1.807, 2.05) is 6.92 Å². The van der Waals surface area contributed by atoms with Crippen molar-refractivity contribution in [3.05, 3.63) is 33.4 Å². The monoisotopic (exact) mass is 335 g/mol. The van der Waals surface area contributed by atoms with E-state index in [0.29, 0.717) is 6.54 Å². The number of aliphatic hydroxyl groups excluding tert-OH is 1. The van der Waals surface area contributed by atoms with Gasteiger partial charge < -0.3 is 15.5 Å². The first-order valence-electron chi connectivity index (χ1n) is 5.27. The predicted octanol–water partition coefficient (Wildman–Crippen LogP) is 1.69. The third kappa shape index (κ3) is 4.37. The molecule has 1 aromatic carbocycles. The predicted molar refractivity (Wildman–Crippen MR) is 73.3 cm³/mol. The fourth-order valence-corrected chi connectivity index (χ4v) is 1.66. The first-order chi connectivity index (χ1) is 7.44. The van der Waals surface area contributed by atoms with Crippen molar-refractivity contribution in [3.63, 3.8) is 0 Å². The topological polar surface area (TPSA) is 52.5 Å². The summed E-state index contributed by atoms with van der Waals surface area (Å²) in [6.07, 6.45) is 0. The van der Waals surface area contributed by atoms with E-state index < -0.39 is 5.60 Å². The second-order valence-corrected chi connectivity index (χ2v) is 5.55. The Labute approximate surface area is 110 Å². The van der Waals surface area contributed by atoms with Crippen molar-refractivity contribution < 1.29 is 10.2 Å². The van der Waals surface area contributed by atoms with Crippen LogP contribution in [0.2, 0.25) is 0 Å². The molecule has 3 N–H and O–H groups in total. The van der Waals surface area contributed by atoms with E-state index in [1.165, 1.54) is 9.13 Å². The maximum atomic E-state index is 9.65. The van der Waals surface area contributed by atoms with E-state index in [4.69, 9.17) is 5.11 Å². The van der Waals surface area contributed by atoms with Gasteiger partial charge in [-0.2, -0.15) is 0 Å². The van der Waals surface area contributed by atoms with E-state index in [9.17, 15) is 5.11 Å². The normalized spacial score (nSPS) is 16.8. The zero-order chi connectivity index (χ0) is 12.2. The Bertz CT molecular complexity index is 324. The zero-order valence-corrected chi connectivity index (χ0v) is 11.7. The molecule has 0 saturated carbocycles. The van der Waals surface area contributed by atoms with Crippen LogP contribution in [0, 0.1) is 3.57 Å². The molecule has 0 aliphatic rings. The van der Waals surface area contributed by atoms with Crippen LogP contribution < -0.4 is 5.32 Å². The van der Waals surface area contributed by atoms with Crippen LogP contribution in [-0.2, 0) is 0 Å². The van der Waals surface area contributed by atoms with E-state index in [1.54, 1.807) is 6.92 Å². The molecule has 0 aliphatic heterocycles. The lowest BCUT2D eigenvalue weighted by Crippen LogP contribution is -2.41. The maximum absolute atomic E-state index is 9.65. The van der Waals surface area contributed by atoms with Gasteiger partial charge in [0.15, 0.2) is 0 Å². The summed E-state index contributed by atoms with van der Waals surface area (Å²) in [6, 6.07) is 8.39. The highest BCUT2D eigenvalue weighted by molar-refractivity contribution is 14.1. The smallest absolute Gasteiger partial charge is 0.0973 e.